The molecule has 0 saturated carbocycles. The first kappa shape index (κ1) is 8.47. The zero-order valence-corrected chi connectivity index (χ0v) is 7.21. The fraction of sp³-hybridized carbons (Fsp3) is 0.125. The molecule has 2 heterocycles. The van der Waals surface area contributed by atoms with Gasteiger partial charge in [-0.3, -0.25) is 0 Å². The molecular weight excluding hydrogens is 182 g/mol. The lowest BCUT2D eigenvalue weighted by molar-refractivity contribution is 0.479. The third-order valence-electron chi connectivity index (χ3n) is 1.67. The van der Waals surface area contributed by atoms with E-state index >= 15 is 0 Å². The zero-order valence-electron chi connectivity index (χ0n) is 7.21. The van der Waals surface area contributed by atoms with E-state index in [0.29, 0.717) is 18.2 Å². The van der Waals surface area contributed by atoms with Crippen LogP contribution in [-0.2, 0) is 6.54 Å². The first-order valence-corrected chi connectivity index (χ1v) is 3.94. The van der Waals surface area contributed by atoms with Crippen molar-refractivity contribution in [2.24, 2.45) is 5.73 Å². The molecule has 0 fully saturated rings. The molecule has 0 spiro atoms. The third-order valence-corrected chi connectivity index (χ3v) is 1.67. The number of hydrogen-bond acceptors (Lipinski definition) is 5. The minimum atomic E-state index is 0.107. The van der Waals surface area contributed by atoms with Crippen LogP contribution in [0.3, 0.4) is 0 Å². The minimum absolute atomic E-state index is 0.107. The Morgan fingerprint density at radius 3 is 3.00 bits per heavy atom. The lowest BCUT2D eigenvalue weighted by Crippen LogP contribution is -1.95. The molecule has 0 aliphatic rings. The molecule has 0 radical (unpaired) electrons. The molecule has 0 amide bonds. The summed E-state index contributed by atoms with van der Waals surface area (Å²) < 4.78 is 6.69. The first-order chi connectivity index (χ1) is 6.83. The molecule has 0 aliphatic carbocycles. The molecule has 14 heavy (non-hydrogen) atoms. The Hall–Kier alpha value is -2.13. The topological polar surface area (TPSA) is 93.7 Å². The van der Waals surface area contributed by atoms with E-state index in [4.69, 9.17) is 15.4 Å². The molecule has 70 valence electrons. The van der Waals surface area contributed by atoms with Crippen LogP contribution < -0.4 is 5.73 Å². The van der Waals surface area contributed by atoms with E-state index in [1.807, 2.05) is 6.07 Å². The SMILES string of the molecule is N#Cc1ncn(-c2ccc(CN)o2)n1. The third kappa shape index (κ3) is 1.36. The summed E-state index contributed by atoms with van der Waals surface area (Å²) in [7, 11) is 0. The van der Waals surface area contributed by atoms with Crippen LogP contribution in [0.15, 0.2) is 22.9 Å². The van der Waals surface area contributed by atoms with Crippen molar-refractivity contribution in [2.75, 3.05) is 0 Å². The van der Waals surface area contributed by atoms with Gasteiger partial charge in [-0.25, -0.2) is 4.98 Å². The lowest BCUT2D eigenvalue weighted by atomic mass is 10.5. The summed E-state index contributed by atoms with van der Waals surface area (Å²) in [5.41, 5.74) is 5.38. The van der Waals surface area contributed by atoms with Gasteiger partial charge in [0.15, 0.2) is 0 Å². The van der Waals surface area contributed by atoms with Gasteiger partial charge in [-0.05, 0) is 6.07 Å². The Bertz CT molecular complexity index is 478. The molecule has 6 heteroatoms. The summed E-state index contributed by atoms with van der Waals surface area (Å²) in [6.45, 7) is 0.333. The van der Waals surface area contributed by atoms with Crippen molar-refractivity contribution in [2.45, 2.75) is 6.54 Å². The fourth-order valence-electron chi connectivity index (χ4n) is 1.02. The van der Waals surface area contributed by atoms with Crippen LogP contribution in [0.2, 0.25) is 0 Å². The average Bonchev–Trinajstić information content (AvgIpc) is 2.86. The summed E-state index contributed by atoms with van der Waals surface area (Å²) in [5, 5.41) is 12.4. The minimum Gasteiger partial charge on any atom is -0.442 e. The fourth-order valence-corrected chi connectivity index (χ4v) is 1.02. The van der Waals surface area contributed by atoms with Gasteiger partial charge in [-0.2, -0.15) is 9.94 Å². The molecule has 2 aromatic rings. The van der Waals surface area contributed by atoms with Gasteiger partial charge in [0.2, 0.25) is 5.88 Å². The second-order valence-corrected chi connectivity index (χ2v) is 2.57. The highest BCUT2D eigenvalue weighted by atomic mass is 16.4. The number of hydrogen-bond donors (Lipinski definition) is 1. The van der Waals surface area contributed by atoms with Crippen LogP contribution in [0.4, 0.5) is 0 Å². The van der Waals surface area contributed by atoms with Gasteiger partial charge >= 0.3 is 0 Å². The lowest BCUT2D eigenvalue weighted by Gasteiger charge is -1.92. The number of nitrogens with two attached hydrogens (primary N) is 1. The van der Waals surface area contributed by atoms with Gasteiger partial charge in [0.1, 0.15) is 18.2 Å². The highest BCUT2D eigenvalue weighted by molar-refractivity contribution is 5.20. The molecule has 0 atom stereocenters. The van der Waals surface area contributed by atoms with Gasteiger partial charge < -0.3 is 10.2 Å². The van der Waals surface area contributed by atoms with E-state index in [-0.39, 0.29) is 5.82 Å². The summed E-state index contributed by atoms with van der Waals surface area (Å²) in [6.07, 6.45) is 1.41. The van der Waals surface area contributed by atoms with E-state index in [9.17, 15) is 0 Å². The van der Waals surface area contributed by atoms with E-state index in [1.54, 1.807) is 12.1 Å². The number of rotatable bonds is 2. The molecule has 0 unspecified atom stereocenters. The van der Waals surface area contributed by atoms with Crippen LogP contribution in [0, 0.1) is 11.3 Å². The molecule has 0 saturated heterocycles. The monoisotopic (exact) mass is 189 g/mol. The van der Waals surface area contributed by atoms with Crippen molar-refractivity contribution >= 4 is 0 Å². The van der Waals surface area contributed by atoms with Crippen LogP contribution in [0.25, 0.3) is 5.88 Å². The second kappa shape index (κ2) is 3.32. The maximum Gasteiger partial charge on any atom is 0.252 e. The van der Waals surface area contributed by atoms with Crippen molar-refractivity contribution in [3.8, 4) is 12.0 Å². The maximum absolute atomic E-state index is 8.51. The zero-order chi connectivity index (χ0) is 9.97. The molecule has 6 nitrogen and oxygen atoms in total. The Kier molecular flexibility index (Phi) is 2.01. The Balaban J connectivity index is 2.35. The van der Waals surface area contributed by atoms with Crippen LogP contribution >= 0.6 is 0 Å². The van der Waals surface area contributed by atoms with Crippen molar-refractivity contribution < 1.29 is 4.42 Å². The quantitative estimate of drug-likeness (QED) is 0.727. The Morgan fingerprint density at radius 2 is 2.43 bits per heavy atom. The van der Waals surface area contributed by atoms with E-state index in [0.717, 1.165) is 0 Å². The average molecular weight is 189 g/mol. The summed E-state index contributed by atoms with van der Waals surface area (Å²) in [6, 6.07) is 5.30. The highest BCUT2D eigenvalue weighted by Crippen LogP contribution is 2.10. The number of furan rings is 1. The maximum atomic E-state index is 8.51. The molecule has 2 N–H and O–H groups in total. The molecule has 0 aromatic carbocycles. The summed E-state index contributed by atoms with van der Waals surface area (Å²) >= 11 is 0. The van der Waals surface area contributed by atoms with Gasteiger partial charge in [0.25, 0.3) is 5.82 Å². The van der Waals surface area contributed by atoms with Crippen LogP contribution in [0.5, 0.6) is 0 Å². The normalized spacial score (nSPS) is 10.0. The molecule has 0 aliphatic heterocycles. The molecule has 2 rings (SSSR count). The Labute approximate surface area is 79.6 Å². The summed E-state index contributed by atoms with van der Waals surface area (Å²) in [5.74, 6) is 1.27. The van der Waals surface area contributed by atoms with Crippen molar-refractivity contribution in [1.29, 1.82) is 5.26 Å². The number of nitrogens with zero attached hydrogens (tertiary/aromatic N) is 4. The largest absolute Gasteiger partial charge is 0.442 e. The molecule has 0 bridgehead atoms. The van der Waals surface area contributed by atoms with Gasteiger partial charge in [0, 0.05) is 6.07 Å². The van der Waals surface area contributed by atoms with Crippen molar-refractivity contribution in [3.63, 3.8) is 0 Å². The van der Waals surface area contributed by atoms with Crippen LogP contribution in [0.1, 0.15) is 11.6 Å². The van der Waals surface area contributed by atoms with Crippen LogP contribution in [-0.4, -0.2) is 14.8 Å². The van der Waals surface area contributed by atoms with Gasteiger partial charge in [0.05, 0.1) is 6.54 Å². The first-order valence-electron chi connectivity index (χ1n) is 3.94. The predicted molar refractivity (Wildman–Crippen MR) is 46.2 cm³/mol. The summed E-state index contributed by atoms with van der Waals surface area (Å²) in [4.78, 5) is 3.75. The van der Waals surface area contributed by atoms with Gasteiger partial charge in [-0.15, -0.1) is 5.10 Å². The molecule has 2 aromatic heterocycles. The smallest absolute Gasteiger partial charge is 0.252 e. The van der Waals surface area contributed by atoms with Crippen molar-refractivity contribution in [1.82, 2.24) is 14.8 Å². The standard InChI is InChI=1S/C8H7N5O/c9-3-6-1-2-8(14-6)13-5-11-7(4-10)12-13/h1-2,5H,3,9H2. The van der Waals surface area contributed by atoms with Gasteiger partial charge in [-0.1, -0.05) is 0 Å². The van der Waals surface area contributed by atoms with Crippen molar-refractivity contribution in [3.05, 3.63) is 30.0 Å². The number of nitriles is 1. The predicted octanol–water partition coefficient (Wildman–Crippen LogP) is 0.191. The van der Waals surface area contributed by atoms with E-state index < -0.39 is 0 Å². The second-order valence-electron chi connectivity index (χ2n) is 2.57. The van der Waals surface area contributed by atoms with E-state index in [1.165, 1.54) is 11.0 Å². The highest BCUT2D eigenvalue weighted by Gasteiger charge is 2.05. The molecular formula is C8H7N5O. The van der Waals surface area contributed by atoms with E-state index in [2.05, 4.69) is 10.1 Å². The Morgan fingerprint density at radius 1 is 1.57 bits per heavy atom. The number of aromatic nitrogens is 3.